The van der Waals surface area contributed by atoms with Crippen molar-refractivity contribution in [1.29, 1.82) is 0 Å². The van der Waals surface area contributed by atoms with Gasteiger partial charge in [-0.05, 0) is 35.8 Å². The number of nitrogens with zero attached hydrogens (tertiary/aromatic N) is 4. The van der Waals surface area contributed by atoms with Crippen molar-refractivity contribution in [3.8, 4) is 0 Å². The first-order valence-corrected chi connectivity index (χ1v) is 6.54. The molecule has 0 aliphatic carbocycles. The van der Waals surface area contributed by atoms with Crippen LogP contribution in [0.15, 0.2) is 60.9 Å². The Kier molecular flexibility index (Phi) is 3.38. The summed E-state index contributed by atoms with van der Waals surface area (Å²) in [6.07, 6.45) is 3.39. The molecule has 0 aliphatic heterocycles. The van der Waals surface area contributed by atoms with E-state index < -0.39 is 0 Å². The van der Waals surface area contributed by atoms with E-state index >= 15 is 0 Å². The van der Waals surface area contributed by atoms with Crippen LogP contribution in [-0.2, 0) is 0 Å². The molecule has 0 bridgehead atoms. The minimum Gasteiger partial charge on any atom is -0.253 e. The van der Waals surface area contributed by atoms with E-state index in [9.17, 15) is 0 Å². The maximum atomic E-state index is 4.12. The first-order chi connectivity index (χ1) is 9.43. The average molecular weight is 266 g/mol. The van der Waals surface area contributed by atoms with Crippen LogP contribution in [0.3, 0.4) is 0 Å². The standard InChI is InChI=1S/C8H6N2.C6H4N2S/c1-2-4-8-7(3-1)9-5-6-10-8;1-2-4-6-5(3-1)7-8-9-6/h1-6H;1-4H. The molecule has 92 valence electrons. The van der Waals surface area contributed by atoms with Gasteiger partial charge in [-0.25, -0.2) is 0 Å². The second kappa shape index (κ2) is 5.49. The second-order valence-corrected chi connectivity index (χ2v) is 4.57. The number of aromatic nitrogens is 4. The van der Waals surface area contributed by atoms with E-state index in [0.717, 1.165) is 21.3 Å². The van der Waals surface area contributed by atoms with Crippen molar-refractivity contribution in [2.24, 2.45) is 0 Å². The lowest BCUT2D eigenvalue weighted by molar-refractivity contribution is 1.20. The Morgan fingerprint density at radius 2 is 1.26 bits per heavy atom. The molecule has 4 aromatic rings. The zero-order valence-electron chi connectivity index (χ0n) is 9.97. The van der Waals surface area contributed by atoms with Gasteiger partial charge in [0.2, 0.25) is 0 Å². The van der Waals surface area contributed by atoms with Crippen LogP contribution >= 0.6 is 11.5 Å². The summed E-state index contributed by atoms with van der Waals surface area (Å²) >= 11 is 1.43. The first-order valence-electron chi connectivity index (χ1n) is 5.76. The third kappa shape index (κ3) is 2.71. The van der Waals surface area contributed by atoms with Crippen molar-refractivity contribution < 1.29 is 0 Å². The van der Waals surface area contributed by atoms with Crippen LogP contribution in [0.2, 0.25) is 0 Å². The van der Waals surface area contributed by atoms with Gasteiger partial charge in [-0.1, -0.05) is 28.8 Å². The highest BCUT2D eigenvalue weighted by atomic mass is 32.1. The highest BCUT2D eigenvalue weighted by Gasteiger charge is 1.91. The van der Waals surface area contributed by atoms with E-state index in [1.54, 1.807) is 12.4 Å². The molecule has 4 rings (SSSR count). The summed E-state index contributed by atoms with van der Waals surface area (Å²) in [7, 11) is 0. The lowest BCUT2D eigenvalue weighted by Crippen LogP contribution is -1.78. The monoisotopic (exact) mass is 266 g/mol. The molecule has 5 heteroatoms. The van der Waals surface area contributed by atoms with E-state index in [4.69, 9.17) is 0 Å². The zero-order chi connectivity index (χ0) is 12.9. The molecule has 19 heavy (non-hydrogen) atoms. The van der Waals surface area contributed by atoms with Gasteiger partial charge in [0.25, 0.3) is 0 Å². The van der Waals surface area contributed by atoms with Crippen LogP contribution in [-0.4, -0.2) is 19.6 Å². The summed E-state index contributed by atoms with van der Waals surface area (Å²) in [4.78, 5) is 8.24. The van der Waals surface area contributed by atoms with Crippen LogP contribution < -0.4 is 0 Å². The van der Waals surface area contributed by atoms with Crippen LogP contribution in [0.25, 0.3) is 21.3 Å². The molecule has 2 aromatic carbocycles. The molecule has 2 heterocycles. The molecule has 0 fully saturated rings. The van der Waals surface area contributed by atoms with Crippen molar-refractivity contribution in [3.63, 3.8) is 0 Å². The molecule has 0 unspecified atom stereocenters. The predicted molar refractivity (Wildman–Crippen MR) is 77.0 cm³/mol. The fourth-order valence-corrected chi connectivity index (χ4v) is 2.19. The zero-order valence-corrected chi connectivity index (χ0v) is 10.8. The largest absolute Gasteiger partial charge is 0.253 e. The van der Waals surface area contributed by atoms with Crippen LogP contribution in [0.1, 0.15) is 0 Å². The number of para-hydroxylation sites is 2. The van der Waals surface area contributed by atoms with Gasteiger partial charge in [-0.3, -0.25) is 9.97 Å². The number of rotatable bonds is 0. The number of benzene rings is 2. The maximum Gasteiger partial charge on any atom is 0.105 e. The van der Waals surface area contributed by atoms with Crippen LogP contribution in [0.5, 0.6) is 0 Å². The van der Waals surface area contributed by atoms with Crippen molar-refractivity contribution >= 4 is 32.8 Å². The highest BCUT2D eigenvalue weighted by molar-refractivity contribution is 7.12. The van der Waals surface area contributed by atoms with Crippen molar-refractivity contribution in [2.45, 2.75) is 0 Å². The number of fused-ring (bicyclic) bond motifs is 2. The van der Waals surface area contributed by atoms with E-state index in [1.807, 2.05) is 48.5 Å². The molecule has 0 amide bonds. The Labute approximate surface area is 113 Å². The third-order valence-electron chi connectivity index (χ3n) is 2.53. The normalized spacial score (nSPS) is 10.1. The predicted octanol–water partition coefficient (Wildman–Crippen LogP) is 3.32. The van der Waals surface area contributed by atoms with E-state index in [-0.39, 0.29) is 0 Å². The molecule has 0 aliphatic rings. The molecular weight excluding hydrogens is 256 g/mol. The molecule has 0 atom stereocenters. The van der Waals surface area contributed by atoms with Crippen molar-refractivity contribution in [1.82, 2.24) is 19.6 Å². The Bertz CT molecular complexity index is 702. The molecule has 0 saturated carbocycles. The van der Waals surface area contributed by atoms with Gasteiger partial charge in [0.1, 0.15) is 5.52 Å². The van der Waals surface area contributed by atoms with Gasteiger partial charge in [0.05, 0.1) is 15.7 Å². The van der Waals surface area contributed by atoms with Crippen LogP contribution in [0, 0.1) is 0 Å². The summed E-state index contributed by atoms with van der Waals surface area (Å²) in [6, 6.07) is 15.7. The summed E-state index contributed by atoms with van der Waals surface area (Å²) in [6.45, 7) is 0. The summed E-state index contributed by atoms with van der Waals surface area (Å²) in [5.41, 5.74) is 2.89. The van der Waals surface area contributed by atoms with Gasteiger partial charge in [0.15, 0.2) is 0 Å². The molecular formula is C14H10N4S. The summed E-state index contributed by atoms with van der Waals surface area (Å²) in [5.74, 6) is 0. The maximum absolute atomic E-state index is 4.12. The Hall–Kier alpha value is -2.40. The number of hydrogen-bond donors (Lipinski definition) is 0. The Morgan fingerprint density at radius 1 is 0.684 bits per heavy atom. The topological polar surface area (TPSA) is 51.6 Å². The average Bonchev–Trinajstić information content (AvgIpc) is 2.96. The lowest BCUT2D eigenvalue weighted by atomic mass is 10.3. The number of hydrogen-bond acceptors (Lipinski definition) is 5. The van der Waals surface area contributed by atoms with Gasteiger partial charge in [-0.2, -0.15) is 0 Å². The quantitative estimate of drug-likeness (QED) is 0.490. The molecule has 0 spiro atoms. The molecule has 2 aromatic heterocycles. The third-order valence-corrected chi connectivity index (χ3v) is 3.23. The summed E-state index contributed by atoms with van der Waals surface area (Å²) in [5, 5.41) is 3.89. The lowest BCUT2D eigenvalue weighted by Gasteiger charge is -1.90. The molecule has 4 nitrogen and oxygen atoms in total. The van der Waals surface area contributed by atoms with E-state index in [0.29, 0.717) is 0 Å². The smallest absolute Gasteiger partial charge is 0.105 e. The first kappa shape index (κ1) is 11.7. The van der Waals surface area contributed by atoms with Crippen LogP contribution in [0.4, 0.5) is 0 Å². The fraction of sp³-hybridized carbons (Fsp3) is 0. The molecule has 0 N–H and O–H groups in total. The van der Waals surface area contributed by atoms with Gasteiger partial charge >= 0.3 is 0 Å². The van der Waals surface area contributed by atoms with Gasteiger partial charge < -0.3 is 0 Å². The van der Waals surface area contributed by atoms with Crippen molar-refractivity contribution in [3.05, 3.63) is 60.9 Å². The SMILES string of the molecule is c1ccc2nccnc2c1.c1ccc2snnc2c1. The van der Waals surface area contributed by atoms with Gasteiger partial charge in [0, 0.05) is 12.4 Å². The Morgan fingerprint density at radius 3 is 1.89 bits per heavy atom. The minimum atomic E-state index is 0.949. The van der Waals surface area contributed by atoms with Gasteiger partial charge in [-0.15, -0.1) is 5.10 Å². The van der Waals surface area contributed by atoms with E-state index in [2.05, 4.69) is 19.6 Å². The Balaban J connectivity index is 0.000000117. The molecule has 0 saturated heterocycles. The minimum absolute atomic E-state index is 0.949. The van der Waals surface area contributed by atoms with E-state index in [1.165, 1.54) is 11.5 Å². The second-order valence-electron chi connectivity index (χ2n) is 3.79. The summed E-state index contributed by atoms with van der Waals surface area (Å²) < 4.78 is 4.94. The fourth-order valence-electron chi connectivity index (χ4n) is 1.64. The molecule has 0 radical (unpaired) electrons. The van der Waals surface area contributed by atoms with Crippen molar-refractivity contribution in [2.75, 3.05) is 0 Å². The highest BCUT2D eigenvalue weighted by Crippen LogP contribution is 2.12.